The number of rotatable bonds is 3. The molecular weight excluding hydrogens is 290 g/mol. The van der Waals surface area contributed by atoms with Gasteiger partial charge in [-0.15, -0.1) is 0 Å². The van der Waals surface area contributed by atoms with Crippen LogP contribution in [0.15, 0.2) is 24.3 Å². The van der Waals surface area contributed by atoms with Gasteiger partial charge in [-0.2, -0.15) is 0 Å². The predicted octanol–water partition coefficient (Wildman–Crippen LogP) is 3.10. The third kappa shape index (κ3) is 2.72. The van der Waals surface area contributed by atoms with Crippen LogP contribution in [0.5, 0.6) is 5.75 Å². The molecule has 0 aromatic heterocycles. The first-order valence-corrected chi connectivity index (χ1v) is 8.00. The van der Waals surface area contributed by atoms with E-state index in [-0.39, 0.29) is 0 Å². The first-order chi connectivity index (χ1) is 8.85. The Morgan fingerprint density at radius 1 is 1.33 bits per heavy atom. The lowest BCUT2D eigenvalue weighted by Crippen LogP contribution is -2.41. The van der Waals surface area contributed by atoms with E-state index in [1.165, 1.54) is 31.5 Å². The maximum atomic E-state index is 6.03. The number of nitrogens with zero attached hydrogens (tertiary/aromatic N) is 1. The van der Waals surface area contributed by atoms with Gasteiger partial charge in [0.25, 0.3) is 0 Å². The van der Waals surface area contributed by atoms with Crippen LogP contribution in [0.1, 0.15) is 18.4 Å². The van der Waals surface area contributed by atoms with Gasteiger partial charge in [0, 0.05) is 24.8 Å². The number of ether oxygens (including phenoxy) is 1. The van der Waals surface area contributed by atoms with Crippen molar-refractivity contribution < 1.29 is 4.74 Å². The monoisotopic (exact) mass is 309 g/mol. The quantitative estimate of drug-likeness (QED) is 0.796. The zero-order valence-electron chi connectivity index (χ0n) is 10.6. The van der Waals surface area contributed by atoms with Gasteiger partial charge in [0.05, 0.1) is 0 Å². The van der Waals surface area contributed by atoms with Crippen LogP contribution in [0.4, 0.5) is 0 Å². The van der Waals surface area contributed by atoms with Crippen molar-refractivity contribution in [2.75, 3.05) is 25.0 Å². The van der Waals surface area contributed by atoms with Crippen LogP contribution >= 0.6 is 15.9 Å². The van der Waals surface area contributed by atoms with Gasteiger partial charge in [0.15, 0.2) is 0 Å². The number of alkyl halides is 1. The number of likely N-dealkylation sites (tertiary alicyclic amines) is 1. The maximum Gasteiger partial charge on any atom is 0.123 e. The van der Waals surface area contributed by atoms with Gasteiger partial charge in [0.2, 0.25) is 0 Å². The van der Waals surface area contributed by atoms with Crippen LogP contribution in [-0.4, -0.2) is 36.0 Å². The minimum atomic E-state index is 0.358. The minimum Gasteiger partial charge on any atom is -0.488 e. The molecule has 0 radical (unpaired) electrons. The standard InChI is InChI=1S/C15H20BrNO/c16-9-12-4-3-7-17(10-12)11-14-8-13-5-1-2-6-15(13)18-14/h1-2,5-6,12,14H,3-4,7-11H2. The molecule has 0 bridgehead atoms. The first kappa shape index (κ1) is 12.5. The van der Waals surface area contributed by atoms with E-state index in [9.17, 15) is 0 Å². The number of piperidine rings is 1. The van der Waals surface area contributed by atoms with E-state index in [0.717, 1.165) is 30.0 Å². The van der Waals surface area contributed by atoms with Gasteiger partial charge in [0.1, 0.15) is 11.9 Å². The van der Waals surface area contributed by atoms with E-state index in [1.54, 1.807) is 0 Å². The molecule has 0 aliphatic carbocycles. The van der Waals surface area contributed by atoms with E-state index in [4.69, 9.17) is 4.74 Å². The number of fused-ring (bicyclic) bond motifs is 1. The SMILES string of the molecule is BrCC1CCCN(CC2Cc3ccccc3O2)C1. The molecule has 0 N–H and O–H groups in total. The highest BCUT2D eigenvalue weighted by Gasteiger charge is 2.27. The Bertz CT molecular complexity index is 384. The molecule has 1 aromatic rings. The third-order valence-corrected chi connectivity index (χ3v) is 4.91. The number of para-hydroxylation sites is 1. The molecule has 2 heterocycles. The second-order valence-electron chi connectivity index (χ2n) is 5.47. The summed E-state index contributed by atoms with van der Waals surface area (Å²) in [5.74, 6) is 1.92. The number of hydrogen-bond acceptors (Lipinski definition) is 2. The molecule has 2 nitrogen and oxygen atoms in total. The van der Waals surface area contributed by atoms with Gasteiger partial charge in [-0.3, -0.25) is 4.90 Å². The van der Waals surface area contributed by atoms with Crippen LogP contribution < -0.4 is 4.74 Å². The molecule has 3 heteroatoms. The highest BCUT2D eigenvalue weighted by Crippen LogP contribution is 2.29. The predicted molar refractivity (Wildman–Crippen MR) is 77.5 cm³/mol. The molecule has 18 heavy (non-hydrogen) atoms. The summed E-state index contributed by atoms with van der Waals surface area (Å²) in [4.78, 5) is 2.58. The lowest BCUT2D eigenvalue weighted by Gasteiger charge is -2.33. The van der Waals surface area contributed by atoms with Crippen molar-refractivity contribution in [2.45, 2.75) is 25.4 Å². The molecule has 0 amide bonds. The molecule has 3 rings (SSSR count). The molecule has 2 unspecified atom stereocenters. The van der Waals surface area contributed by atoms with Crippen molar-refractivity contribution in [3.8, 4) is 5.75 Å². The van der Waals surface area contributed by atoms with Crippen LogP contribution in [-0.2, 0) is 6.42 Å². The van der Waals surface area contributed by atoms with Gasteiger partial charge in [-0.25, -0.2) is 0 Å². The Kier molecular flexibility index (Phi) is 3.90. The Hall–Kier alpha value is -0.540. The fraction of sp³-hybridized carbons (Fsp3) is 0.600. The van der Waals surface area contributed by atoms with E-state index >= 15 is 0 Å². The molecule has 2 aliphatic rings. The molecule has 98 valence electrons. The van der Waals surface area contributed by atoms with E-state index in [0.29, 0.717) is 6.10 Å². The second kappa shape index (κ2) is 5.62. The molecule has 0 spiro atoms. The van der Waals surface area contributed by atoms with Crippen molar-refractivity contribution >= 4 is 15.9 Å². The molecule has 2 aliphatic heterocycles. The van der Waals surface area contributed by atoms with Crippen LogP contribution in [0.25, 0.3) is 0 Å². The zero-order chi connectivity index (χ0) is 12.4. The van der Waals surface area contributed by atoms with Crippen molar-refractivity contribution in [1.29, 1.82) is 0 Å². The van der Waals surface area contributed by atoms with Crippen molar-refractivity contribution in [3.63, 3.8) is 0 Å². The molecule has 2 atom stereocenters. The average Bonchev–Trinajstić information content (AvgIpc) is 2.81. The summed E-state index contributed by atoms with van der Waals surface area (Å²) in [6.07, 6.45) is 4.13. The van der Waals surface area contributed by atoms with Crippen LogP contribution in [0.2, 0.25) is 0 Å². The summed E-state index contributed by atoms with van der Waals surface area (Å²) in [5.41, 5.74) is 1.37. The second-order valence-corrected chi connectivity index (χ2v) is 6.12. The smallest absolute Gasteiger partial charge is 0.123 e. The Morgan fingerprint density at radius 3 is 3.06 bits per heavy atom. The van der Waals surface area contributed by atoms with E-state index in [1.807, 2.05) is 0 Å². The summed E-state index contributed by atoms with van der Waals surface area (Å²) in [6, 6.07) is 8.44. The highest BCUT2D eigenvalue weighted by atomic mass is 79.9. The lowest BCUT2D eigenvalue weighted by atomic mass is 9.99. The van der Waals surface area contributed by atoms with Gasteiger partial charge in [-0.05, 0) is 36.9 Å². The molecular formula is C15H20BrNO. The molecule has 1 saturated heterocycles. The summed E-state index contributed by atoms with van der Waals surface area (Å²) in [7, 11) is 0. The van der Waals surface area contributed by atoms with Crippen molar-refractivity contribution in [3.05, 3.63) is 29.8 Å². The average molecular weight is 310 g/mol. The highest BCUT2D eigenvalue weighted by molar-refractivity contribution is 9.09. The number of hydrogen-bond donors (Lipinski definition) is 0. The normalized spacial score (nSPS) is 27.8. The van der Waals surface area contributed by atoms with Gasteiger partial charge < -0.3 is 4.74 Å². The molecule has 1 fully saturated rings. The molecule has 1 aromatic carbocycles. The lowest BCUT2D eigenvalue weighted by molar-refractivity contribution is 0.116. The van der Waals surface area contributed by atoms with Gasteiger partial charge >= 0.3 is 0 Å². The van der Waals surface area contributed by atoms with Crippen molar-refractivity contribution in [2.24, 2.45) is 5.92 Å². The topological polar surface area (TPSA) is 12.5 Å². The number of benzene rings is 1. The Morgan fingerprint density at radius 2 is 2.22 bits per heavy atom. The Balaban J connectivity index is 1.56. The third-order valence-electron chi connectivity index (χ3n) is 4.00. The summed E-state index contributed by atoms with van der Waals surface area (Å²) >= 11 is 3.62. The van der Waals surface area contributed by atoms with E-state index < -0.39 is 0 Å². The fourth-order valence-corrected chi connectivity index (χ4v) is 3.62. The maximum absolute atomic E-state index is 6.03. The van der Waals surface area contributed by atoms with Crippen LogP contribution in [0.3, 0.4) is 0 Å². The fourth-order valence-electron chi connectivity index (χ4n) is 3.09. The first-order valence-electron chi connectivity index (χ1n) is 6.88. The molecule has 0 saturated carbocycles. The summed E-state index contributed by atoms with van der Waals surface area (Å²) < 4.78 is 6.03. The minimum absolute atomic E-state index is 0.358. The largest absolute Gasteiger partial charge is 0.488 e. The summed E-state index contributed by atoms with van der Waals surface area (Å²) in [5, 5.41) is 1.13. The van der Waals surface area contributed by atoms with Crippen LogP contribution in [0, 0.1) is 5.92 Å². The Labute approximate surface area is 117 Å². The van der Waals surface area contributed by atoms with Gasteiger partial charge in [-0.1, -0.05) is 34.1 Å². The zero-order valence-corrected chi connectivity index (χ0v) is 12.2. The van der Waals surface area contributed by atoms with E-state index in [2.05, 4.69) is 45.1 Å². The van der Waals surface area contributed by atoms with Crippen molar-refractivity contribution in [1.82, 2.24) is 4.90 Å². The summed E-state index contributed by atoms with van der Waals surface area (Å²) in [6.45, 7) is 3.54. The number of halogens is 1.